The average Bonchev–Trinajstić information content (AvgIpc) is 2.28. The molecular formula is C8H8ClN3O4. The first-order chi connectivity index (χ1) is 7.60. The van der Waals surface area contributed by atoms with Crippen molar-refractivity contribution < 1.29 is 14.7 Å². The zero-order valence-corrected chi connectivity index (χ0v) is 9.01. The number of carbonyl (C=O) groups is 1. The zero-order valence-electron chi connectivity index (χ0n) is 8.25. The van der Waals surface area contributed by atoms with E-state index in [1.165, 1.54) is 13.3 Å². The predicted molar refractivity (Wildman–Crippen MR) is 54.9 cm³/mol. The fraction of sp³-hybridized carbons (Fsp3) is 0.250. The Balaban J connectivity index is 3.19. The highest BCUT2D eigenvalue weighted by atomic mass is 35.5. The molecule has 0 fully saturated rings. The lowest BCUT2D eigenvalue weighted by molar-refractivity contribution is -0.141. The molecule has 16 heavy (non-hydrogen) atoms. The third-order valence-electron chi connectivity index (χ3n) is 1.73. The van der Waals surface area contributed by atoms with Gasteiger partial charge in [0, 0.05) is 0 Å². The van der Waals surface area contributed by atoms with Crippen LogP contribution in [0, 0.1) is 0 Å². The van der Waals surface area contributed by atoms with Crippen molar-refractivity contribution in [3.63, 3.8) is 0 Å². The topological polar surface area (TPSA) is 93.8 Å². The van der Waals surface area contributed by atoms with E-state index in [9.17, 15) is 9.59 Å². The molecule has 0 saturated heterocycles. The van der Waals surface area contributed by atoms with E-state index < -0.39 is 11.5 Å². The van der Waals surface area contributed by atoms with Gasteiger partial charge in [-0.1, -0.05) is 16.8 Å². The molecule has 8 heteroatoms. The molecule has 0 unspecified atom stereocenters. The van der Waals surface area contributed by atoms with Crippen molar-refractivity contribution in [1.29, 1.82) is 0 Å². The molecule has 0 aliphatic carbocycles. The van der Waals surface area contributed by atoms with E-state index in [0.717, 1.165) is 10.9 Å². The van der Waals surface area contributed by atoms with Gasteiger partial charge in [-0.2, -0.15) is 5.10 Å². The molecule has 1 aromatic rings. The monoisotopic (exact) mass is 245 g/mol. The Hall–Kier alpha value is -1.89. The number of oxime groups is 1. The highest BCUT2D eigenvalue weighted by molar-refractivity contribution is 6.32. The second-order valence-corrected chi connectivity index (χ2v) is 3.10. The van der Waals surface area contributed by atoms with Crippen LogP contribution in [-0.2, 0) is 16.1 Å². The maximum absolute atomic E-state index is 11.6. The van der Waals surface area contributed by atoms with Crippen molar-refractivity contribution in [2.24, 2.45) is 5.16 Å². The quantitative estimate of drug-likeness (QED) is 0.347. The van der Waals surface area contributed by atoms with Crippen LogP contribution >= 0.6 is 11.6 Å². The van der Waals surface area contributed by atoms with Crippen LogP contribution in [-0.4, -0.2) is 34.3 Å². The van der Waals surface area contributed by atoms with Gasteiger partial charge in [0.25, 0.3) is 5.56 Å². The number of carbonyl (C=O) groups excluding carboxylic acids is 1. The summed E-state index contributed by atoms with van der Waals surface area (Å²) in [6.45, 7) is -0.335. The Labute approximate surface area is 94.9 Å². The molecule has 0 aromatic carbocycles. The van der Waals surface area contributed by atoms with E-state index >= 15 is 0 Å². The van der Waals surface area contributed by atoms with Crippen LogP contribution in [0.25, 0.3) is 0 Å². The number of esters is 1. The van der Waals surface area contributed by atoms with Crippen LogP contribution in [0.2, 0.25) is 5.02 Å². The van der Waals surface area contributed by atoms with Crippen LogP contribution in [0.5, 0.6) is 0 Å². The SMILES string of the molecule is COC(=O)Cn1ncc(Cl)c(C=NO)c1=O. The molecule has 0 bridgehead atoms. The van der Waals surface area contributed by atoms with E-state index in [-0.39, 0.29) is 17.1 Å². The lowest BCUT2D eigenvalue weighted by atomic mass is 10.3. The van der Waals surface area contributed by atoms with E-state index in [0.29, 0.717) is 0 Å². The molecule has 7 nitrogen and oxygen atoms in total. The molecular weight excluding hydrogens is 238 g/mol. The van der Waals surface area contributed by atoms with Crippen molar-refractivity contribution >= 4 is 23.8 Å². The molecule has 0 saturated carbocycles. The number of halogens is 1. The summed E-state index contributed by atoms with van der Waals surface area (Å²) in [4.78, 5) is 22.6. The highest BCUT2D eigenvalue weighted by Crippen LogP contribution is 2.06. The molecule has 0 spiro atoms. The van der Waals surface area contributed by atoms with Crippen molar-refractivity contribution in [2.45, 2.75) is 6.54 Å². The second-order valence-electron chi connectivity index (χ2n) is 2.69. The third-order valence-corrected chi connectivity index (χ3v) is 2.03. The van der Waals surface area contributed by atoms with Gasteiger partial charge in [0.2, 0.25) is 0 Å². The fourth-order valence-electron chi connectivity index (χ4n) is 0.958. The number of nitrogens with zero attached hydrogens (tertiary/aromatic N) is 3. The largest absolute Gasteiger partial charge is 0.468 e. The number of rotatable bonds is 3. The first-order valence-corrected chi connectivity index (χ1v) is 4.47. The molecule has 0 aliphatic heterocycles. The van der Waals surface area contributed by atoms with Crippen molar-refractivity contribution in [2.75, 3.05) is 7.11 Å². The van der Waals surface area contributed by atoms with Gasteiger partial charge in [-0.3, -0.25) is 9.59 Å². The maximum atomic E-state index is 11.6. The Morgan fingerprint density at radius 3 is 3.06 bits per heavy atom. The first kappa shape index (κ1) is 12.2. The Morgan fingerprint density at radius 2 is 2.50 bits per heavy atom. The molecule has 0 amide bonds. The van der Waals surface area contributed by atoms with E-state index in [1.807, 2.05) is 0 Å². The molecule has 86 valence electrons. The summed E-state index contributed by atoms with van der Waals surface area (Å²) < 4.78 is 5.24. The van der Waals surface area contributed by atoms with Crippen molar-refractivity contribution in [3.8, 4) is 0 Å². The summed E-state index contributed by atoms with van der Waals surface area (Å²) in [5.74, 6) is -0.621. The number of hydrogen-bond donors (Lipinski definition) is 1. The van der Waals surface area contributed by atoms with Gasteiger partial charge in [0.15, 0.2) is 0 Å². The van der Waals surface area contributed by atoms with E-state index in [1.54, 1.807) is 0 Å². The highest BCUT2D eigenvalue weighted by Gasteiger charge is 2.11. The Morgan fingerprint density at radius 1 is 1.81 bits per heavy atom. The van der Waals surface area contributed by atoms with E-state index in [4.69, 9.17) is 16.8 Å². The zero-order chi connectivity index (χ0) is 12.1. The Kier molecular flexibility index (Phi) is 4.01. The van der Waals surface area contributed by atoms with Crippen molar-refractivity contribution in [1.82, 2.24) is 9.78 Å². The van der Waals surface area contributed by atoms with Crippen LogP contribution in [0.1, 0.15) is 5.56 Å². The van der Waals surface area contributed by atoms with Crippen LogP contribution in [0.15, 0.2) is 16.1 Å². The van der Waals surface area contributed by atoms with Crippen molar-refractivity contribution in [3.05, 3.63) is 27.1 Å². The normalized spacial score (nSPS) is 10.6. The summed E-state index contributed by atoms with van der Waals surface area (Å²) in [6.07, 6.45) is 2.04. The van der Waals surface area contributed by atoms with Crippen LogP contribution in [0.4, 0.5) is 0 Å². The summed E-state index contributed by atoms with van der Waals surface area (Å²) in [5, 5.41) is 14.7. The van der Waals surface area contributed by atoms with Gasteiger partial charge in [-0.05, 0) is 0 Å². The molecule has 0 atom stereocenters. The molecule has 0 radical (unpaired) electrons. The minimum atomic E-state index is -0.643. The maximum Gasteiger partial charge on any atom is 0.327 e. The second kappa shape index (κ2) is 5.26. The van der Waals surface area contributed by atoms with Gasteiger partial charge >= 0.3 is 5.97 Å². The summed E-state index contributed by atoms with van der Waals surface area (Å²) in [5.41, 5.74) is -0.696. The number of methoxy groups -OCH3 is 1. The number of aromatic nitrogens is 2. The minimum Gasteiger partial charge on any atom is -0.468 e. The Bertz CT molecular complexity index is 483. The summed E-state index contributed by atoms with van der Waals surface area (Å²) in [6, 6.07) is 0. The first-order valence-electron chi connectivity index (χ1n) is 4.10. The molecule has 0 aliphatic rings. The number of ether oxygens (including phenoxy) is 1. The van der Waals surface area contributed by atoms with Gasteiger partial charge < -0.3 is 9.94 Å². The summed E-state index contributed by atoms with van der Waals surface area (Å²) >= 11 is 5.66. The van der Waals surface area contributed by atoms with Crippen LogP contribution in [0.3, 0.4) is 0 Å². The fourth-order valence-corrected chi connectivity index (χ4v) is 1.13. The predicted octanol–water partition coefficient (Wildman–Crippen LogP) is -0.122. The third kappa shape index (κ3) is 2.57. The van der Waals surface area contributed by atoms with Gasteiger partial charge in [-0.15, -0.1) is 0 Å². The lowest BCUT2D eigenvalue weighted by Gasteiger charge is -2.04. The standard InChI is InChI=1S/C8H8ClN3O4/c1-16-7(13)4-12-8(14)5(2-11-15)6(9)3-10-12/h2-3,15H,4H2,1H3. The average molecular weight is 246 g/mol. The van der Waals surface area contributed by atoms with Gasteiger partial charge in [0.05, 0.1) is 30.1 Å². The smallest absolute Gasteiger partial charge is 0.327 e. The van der Waals surface area contributed by atoms with E-state index in [2.05, 4.69) is 15.0 Å². The van der Waals surface area contributed by atoms with Gasteiger partial charge in [-0.25, -0.2) is 4.68 Å². The summed E-state index contributed by atoms with van der Waals surface area (Å²) in [7, 11) is 1.19. The molecule has 1 N–H and O–H groups in total. The number of hydrogen-bond acceptors (Lipinski definition) is 6. The molecule has 1 aromatic heterocycles. The van der Waals surface area contributed by atoms with Gasteiger partial charge in [0.1, 0.15) is 6.54 Å². The molecule has 1 rings (SSSR count). The van der Waals surface area contributed by atoms with Crippen LogP contribution < -0.4 is 5.56 Å². The molecule has 1 heterocycles. The lowest BCUT2D eigenvalue weighted by Crippen LogP contribution is -2.29. The minimum absolute atomic E-state index is 0.0314.